The molecule has 2 heterocycles. The maximum atomic E-state index is 9.03. The van der Waals surface area contributed by atoms with Crippen molar-refractivity contribution in [3.8, 4) is 0 Å². The van der Waals surface area contributed by atoms with E-state index < -0.39 is 0 Å². The zero-order valence-corrected chi connectivity index (χ0v) is 8.47. The third kappa shape index (κ3) is 2.19. The van der Waals surface area contributed by atoms with Gasteiger partial charge in [0, 0.05) is 19.3 Å². The molecule has 0 amide bonds. The van der Waals surface area contributed by atoms with Gasteiger partial charge in [0.25, 0.3) is 0 Å². The smallest absolute Gasteiger partial charge is 0.146 e. The Morgan fingerprint density at radius 3 is 3.27 bits per heavy atom. The van der Waals surface area contributed by atoms with Crippen molar-refractivity contribution in [1.82, 2.24) is 4.98 Å². The molecule has 0 saturated carbocycles. The number of aromatic nitrogens is 1. The maximum absolute atomic E-state index is 9.03. The molecule has 0 radical (unpaired) electrons. The lowest BCUT2D eigenvalue weighted by Crippen LogP contribution is -2.44. The molecule has 1 saturated heterocycles. The highest BCUT2D eigenvalue weighted by Gasteiger charge is 2.21. The Kier molecular flexibility index (Phi) is 3.03. The van der Waals surface area contributed by atoms with E-state index >= 15 is 0 Å². The number of nitrogen functional groups attached to an aromatic ring is 1. The molecule has 5 nitrogen and oxygen atoms in total. The van der Waals surface area contributed by atoms with Crippen LogP contribution in [0.1, 0.15) is 0 Å². The first-order valence-corrected chi connectivity index (χ1v) is 4.99. The summed E-state index contributed by atoms with van der Waals surface area (Å²) in [6.45, 7) is 2.09. The number of nitrogens with zero attached hydrogens (tertiary/aromatic N) is 2. The number of morpholine rings is 1. The Morgan fingerprint density at radius 2 is 2.53 bits per heavy atom. The summed E-state index contributed by atoms with van der Waals surface area (Å²) >= 11 is 0. The van der Waals surface area contributed by atoms with Crippen molar-refractivity contribution < 1.29 is 9.84 Å². The van der Waals surface area contributed by atoms with Crippen LogP contribution in [0.4, 0.5) is 11.5 Å². The molecule has 0 aliphatic carbocycles. The van der Waals surface area contributed by atoms with E-state index in [-0.39, 0.29) is 12.7 Å². The minimum atomic E-state index is -0.127. The van der Waals surface area contributed by atoms with Crippen LogP contribution >= 0.6 is 0 Å². The topological polar surface area (TPSA) is 71.6 Å². The summed E-state index contributed by atoms with van der Waals surface area (Å²) in [5, 5.41) is 9.03. The Morgan fingerprint density at radius 1 is 1.67 bits per heavy atom. The van der Waals surface area contributed by atoms with Gasteiger partial charge in [-0.15, -0.1) is 0 Å². The van der Waals surface area contributed by atoms with Crippen molar-refractivity contribution in [3.63, 3.8) is 0 Å². The molecular formula is C10H15N3O2. The van der Waals surface area contributed by atoms with Gasteiger partial charge in [0.1, 0.15) is 5.82 Å². The molecule has 15 heavy (non-hydrogen) atoms. The average molecular weight is 209 g/mol. The van der Waals surface area contributed by atoms with Crippen LogP contribution in [0.25, 0.3) is 0 Å². The molecule has 3 N–H and O–H groups in total. The standard InChI is InChI=1S/C10H15N3O2/c11-10-9(2-1-3-12-10)13-4-5-15-8(6-13)7-14/h1-3,8,14H,4-7H2,(H2,11,12). The quantitative estimate of drug-likeness (QED) is 0.709. The summed E-state index contributed by atoms with van der Waals surface area (Å²) in [6, 6.07) is 3.79. The van der Waals surface area contributed by atoms with E-state index in [1.54, 1.807) is 6.20 Å². The second kappa shape index (κ2) is 4.46. The van der Waals surface area contributed by atoms with Crippen molar-refractivity contribution in [2.45, 2.75) is 6.10 Å². The van der Waals surface area contributed by atoms with Gasteiger partial charge >= 0.3 is 0 Å². The number of pyridine rings is 1. The number of hydrogen-bond donors (Lipinski definition) is 2. The highest BCUT2D eigenvalue weighted by molar-refractivity contribution is 5.63. The lowest BCUT2D eigenvalue weighted by atomic mass is 10.2. The molecule has 1 aromatic rings. The van der Waals surface area contributed by atoms with Crippen molar-refractivity contribution in [1.29, 1.82) is 0 Å². The summed E-state index contributed by atoms with van der Waals surface area (Å²) in [6.07, 6.45) is 1.54. The zero-order chi connectivity index (χ0) is 10.7. The van der Waals surface area contributed by atoms with Gasteiger partial charge in [0.2, 0.25) is 0 Å². The van der Waals surface area contributed by atoms with Crippen molar-refractivity contribution >= 4 is 11.5 Å². The van der Waals surface area contributed by atoms with Crippen molar-refractivity contribution in [3.05, 3.63) is 18.3 Å². The molecule has 0 aromatic carbocycles. The minimum absolute atomic E-state index is 0.0384. The molecule has 2 rings (SSSR count). The average Bonchev–Trinajstić information content (AvgIpc) is 2.30. The largest absolute Gasteiger partial charge is 0.394 e. The van der Waals surface area contributed by atoms with Gasteiger partial charge in [-0.3, -0.25) is 0 Å². The number of ether oxygens (including phenoxy) is 1. The summed E-state index contributed by atoms with van der Waals surface area (Å²) in [5.41, 5.74) is 6.70. The zero-order valence-electron chi connectivity index (χ0n) is 8.47. The SMILES string of the molecule is Nc1ncccc1N1CCOC(CO)C1. The van der Waals surface area contributed by atoms with Crippen LogP contribution in [0.3, 0.4) is 0 Å². The molecule has 0 spiro atoms. The summed E-state index contributed by atoms with van der Waals surface area (Å²) in [4.78, 5) is 6.13. The second-order valence-electron chi connectivity index (χ2n) is 3.53. The lowest BCUT2D eigenvalue weighted by molar-refractivity contribution is 0.00359. The lowest BCUT2D eigenvalue weighted by Gasteiger charge is -2.33. The van der Waals surface area contributed by atoms with E-state index in [9.17, 15) is 0 Å². The van der Waals surface area contributed by atoms with E-state index in [0.717, 1.165) is 12.2 Å². The van der Waals surface area contributed by atoms with E-state index in [2.05, 4.69) is 9.88 Å². The molecule has 1 unspecified atom stereocenters. The Balaban J connectivity index is 2.13. The third-order valence-electron chi connectivity index (χ3n) is 2.50. The van der Waals surface area contributed by atoms with E-state index in [4.69, 9.17) is 15.6 Å². The number of aliphatic hydroxyl groups is 1. The van der Waals surface area contributed by atoms with E-state index in [1.807, 2.05) is 12.1 Å². The highest BCUT2D eigenvalue weighted by atomic mass is 16.5. The highest BCUT2D eigenvalue weighted by Crippen LogP contribution is 2.22. The monoisotopic (exact) mass is 209 g/mol. The number of rotatable bonds is 2. The van der Waals surface area contributed by atoms with E-state index in [0.29, 0.717) is 19.0 Å². The fourth-order valence-corrected chi connectivity index (χ4v) is 1.73. The van der Waals surface area contributed by atoms with E-state index in [1.165, 1.54) is 0 Å². The first kappa shape index (κ1) is 10.2. The van der Waals surface area contributed by atoms with Crippen LogP contribution in [0, 0.1) is 0 Å². The first-order chi connectivity index (χ1) is 7.31. The predicted molar refractivity (Wildman–Crippen MR) is 57.7 cm³/mol. The number of hydrogen-bond acceptors (Lipinski definition) is 5. The summed E-state index contributed by atoms with van der Waals surface area (Å²) < 4.78 is 5.37. The minimum Gasteiger partial charge on any atom is -0.394 e. The maximum Gasteiger partial charge on any atom is 0.146 e. The fourth-order valence-electron chi connectivity index (χ4n) is 1.73. The summed E-state index contributed by atoms with van der Waals surface area (Å²) in [7, 11) is 0. The van der Waals surface area contributed by atoms with Crippen LogP contribution in [0.15, 0.2) is 18.3 Å². The Hall–Kier alpha value is -1.33. The first-order valence-electron chi connectivity index (χ1n) is 4.99. The number of nitrogens with two attached hydrogens (primary N) is 1. The molecule has 1 aromatic heterocycles. The number of anilines is 2. The fraction of sp³-hybridized carbons (Fsp3) is 0.500. The normalized spacial score (nSPS) is 21.7. The Labute approximate surface area is 88.5 Å². The molecule has 82 valence electrons. The summed E-state index contributed by atoms with van der Waals surface area (Å²) in [5.74, 6) is 0.524. The molecule has 1 atom stereocenters. The predicted octanol–water partition coefficient (Wildman–Crippen LogP) is -0.139. The van der Waals surface area contributed by atoms with Crippen LogP contribution in [-0.4, -0.2) is 42.5 Å². The molecule has 1 fully saturated rings. The Bertz CT molecular complexity index is 332. The van der Waals surface area contributed by atoms with Crippen molar-refractivity contribution in [2.24, 2.45) is 0 Å². The molecule has 0 bridgehead atoms. The van der Waals surface area contributed by atoms with Crippen LogP contribution in [-0.2, 0) is 4.74 Å². The van der Waals surface area contributed by atoms with Gasteiger partial charge in [-0.1, -0.05) is 0 Å². The van der Waals surface area contributed by atoms with Crippen LogP contribution in [0.2, 0.25) is 0 Å². The van der Waals surface area contributed by atoms with Gasteiger partial charge in [0.05, 0.1) is 25.0 Å². The van der Waals surface area contributed by atoms with Crippen molar-refractivity contribution in [2.75, 3.05) is 36.9 Å². The molecule has 1 aliphatic rings. The molecule has 1 aliphatic heterocycles. The van der Waals surface area contributed by atoms with Gasteiger partial charge < -0.3 is 20.5 Å². The molecular weight excluding hydrogens is 194 g/mol. The second-order valence-corrected chi connectivity index (χ2v) is 3.53. The van der Waals surface area contributed by atoms with Crippen LogP contribution < -0.4 is 10.6 Å². The van der Waals surface area contributed by atoms with Gasteiger partial charge in [-0.2, -0.15) is 0 Å². The van der Waals surface area contributed by atoms with Gasteiger partial charge in [-0.05, 0) is 12.1 Å². The van der Waals surface area contributed by atoms with Gasteiger partial charge in [0.15, 0.2) is 0 Å². The van der Waals surface area contributed by atoms with Crippen LogP contribution in [0.5, 0.6) is 0 Å². The number of aliphatic hydroxyl groups excluding tert-OH is 1. The third-order valence-corrected chi connectivity index (χ3v) is 2.50. The van der Waals surface area contributed by atoms with Gasteiger partial charge in [-0.25, -0.2) is 4.98 Å². The molecule has 5 heteroatoms.